The summed E-state index contributed by atoms with van der Waals surface area (Å²) in [5.41, 5.74) is 12.1. The summed E-state index contributed by atoms with van der Waals surface area (Å²) < 4.78 is 0.874. The Morgan fingerprint density at radius 3 is 2.78 bits per heavy atom. The Kier molecular flexibility index (Phi) is 3.88. The number of hydrogen-bond acceptors (Lipinski definition) is 4. The van der Waals surface area contributed by atoms with Gasteiger partial charge in [0.1, 0.15) is 5.03 Å². The van der Waals surface area contributed by atoms with Gasteiger partial charge in [-0.25, -0.2) is 4.98 Å². The molecule has 0 fully saturated rings. The highest BCUT2D eigenvalue weighted by atomic mass is 79.9. The second kappa shape index (κ2) is 5.41. The number of hydrogen-bond donors (Lipinski definition) is 2. The van der Waals surface area contributed by atoms with Crippen molar-refractivity contribution in [1.29, 1.82) is 0 Å². The van der Waals surface area contributed by atoms with E-state index in [0.29, 0.717) is 11.3 Å². The molecule has 0 unspecified atom stereocenters. The Labute approximate surface area is 117 Å². The molecule has 0 spiro atoms. The zero-order valence-corrected chi connectivity index (χ0v) is 11.7. The van der Waals surface area contributed by atoms with Gasteiger partial charge in [0.2, 0.25) is 5.91 Å². The Balaban J connectivity index is 2.37. The summed E-state index contributed by atoms with van der Waals surface area (Å²) in [5, 5.41) is 0.783. The summed E-state index contributed by atoms with van der Waals surface area (Å²) >= 11 is 4.79. The molecule has 18 heavy (non-hydrogen) atoms. The molecule has 0 bridgehead atoms. The fourth-order valence-corrected chi connectivity index (χ4v) is 2.68. The maximum atomic E-state index is 11.1. The number of halogens is 1. The minimum absolute atomic E-state index is 0.429. The van der Waals surface area contributed by atoms with E-state index in [0.717, 1.165) is 14.4 Å². The van der Waals surface area contributed by atoms with Crippen LogP contribution in [0.4, 0.5) is 5.69 Å². The van der Waals surface area contributed by atoms with Crippen LogP contribution in [-0.4, -0.2) is 10.9 Å². The number of nitrogens with two attached hydrogens (primary N) is 2. The van der Waals surface area contributed by atoms with E-state index >= 15 is 0 Å². The SMILES string of the molecule is NC(=O)c1ccc(N)c(Sc2ncccc2Br)c1. The molecule has 1 aromatic carbocycles. The first kappa shape index (κ1) is 12.9. The second-order valence-electron chi connectivity index (χ2n) is 3.51. The van der Waals surface area contributed by atoms with Gasteiger partial charge >= 0.3 is 0 Å². The maximum Gasteiger partial charge on any atom is 0.248 e. The highest BCUT2D eigenvalue weighted by Crippen LogP contribution is 2.35. The number of nitrogens with zero attached hydrogens (tertiary/aromatic N) is 1. The number of rotatable bonds is 3. The van der Waals surface area contributed by atoms with Crippen LogP contribution < -0.4 is 11.5 Å². The van der Waals surface area contributed by atoms with Crippen molar-refractivity contribution >= 4 is 39.3 Å². The molecule has 92 valence electrons. The summed E-state index contributed by atoms with van der Waals surface area (Å²) in [4.78, 5) is 16.1. The number of benzene rings is 1. The number of aromatic nitrogens is 1. The number of anilines is 1. The molecule has 0 aliphatic carbocycles. The lowest BCUT2D eigenvalue weighted by atomic mass is 10.2. The molecule has 6 heteroatoms. The first-order valence-electron chi connectivity index (χ1n) is 5.05. The third-order valence-corrected chi connectivity index (χ3v) is 4.22. The van der Waals surface area contributed by atoms with E-state index in [1.807, 2.05) is 12.1 Å². The van der Waals surface area contributed by atoms with Crippen molar-refractivity contribution in [3.05, 3.63) is 46.6 Å². The van der Waals surface area contributed by atoms with Gasteiger partial charge in [-0.05, 0) is 46.3 Å². The quantitative estimate of drug-likeness (QED) is 0.851. The van der Waals surface area contributed by atoms with Gasteiger partial charge < -0.3 is 11.5 Å². The molecule has 1 aromatic heterocycles. The molecule has 0 saturated carbocycles. The number of primary amides is 1. The fraction of sp³-hybridized carbons (Fsp3) is 0. The summed E-state index contributed by atoms with van der Waals surface area (Å²) in [7, 11) is 0. The highest BCUT2D eigenvalue weighted by molar-refractivity contribution is 9.10. The molecule has 0 saturated heterocycles. The molecule has 2 rings (SSSR count). The van der Waals surface area contributed by atoms with Crippen molar-refractivity contribution in [3.8, 4) is 0 Å². The van der Waals surface area contributed by atoms with E-state index in [9.17, 15) is 4.79 Å². The number of nitrogen functional groups attached to an aromatic ring is 1. The molecule has 1 heterocycles. The van der Waals surface area contributed by atoms with Crippen molar-refractivity contribution in [2.24, 2.45) is 5.73 Å². The Bertz CT molecular complexity index is 604. The van der Waals surface area contributed by atoms with Gasteiger partial charge in [0.05, 0.1) is 4.47 Å². The Morgan fingerprint density at radius 1 is 1.33 bits per heavy atom. The highest BCUT2D eigenvalue weighted by Gasteiger charge is 2.09. The van der Waals surface area contributed by atoms with Crippen LogP contribution in [0, 0.1) is 0 Å². The number of pyridine rings is 1. The molecular weight excluding hydrogens is 314 g/mol. The van der Waals surface area contributed by atoms with E-state index in [4.69, 9.17) is 11.5 Å². The standard InChI is InChI=1S/C12H10BrN3OS/c13-8-2-1-5-16-12(8)18-10-6-7(11(15)17)3-4-9(10)14/h1-6H,14H2,(H2,15,17). The van der Waals surface area contributed by atoms with Crippen LogP contribution in [0.25, 0.3) is 0 Å². The zero-order valence-electron chi connectivity index (χ0n) is 9.26. The molecule has 4 nitrogen and oxygen atoms in total. The topological polar surface area (TPSA) is 82.0 Å². The third-order valence-electron chi connectivity index (χ3n) is 2.23. The largest absolute Gasteiger partial charge is 0.398 e. The lowest BCUT2D eigenvalue weighted by Crippen LogP contribution is -2.11. The lowest BCUT2D eigenvalue weighted by molar-refractivity contribution is 0.1000. The third kappa shape index (κ3) is 2.83. The van der Waals surface area contributed by atoms with E-state index in [-0.39, 0.29) is 0 Å². The zero-order chi connectivity index (χ0) is 13.1. The number of carbonyl (C=O) groups excluding carboxylic acids is 1. The summed E-state index contributed by atoms with van der Waals surface area (Å²) in [6.45, 7) is 0. The molecule has 0 radical (unpaired) electrons. The van der Waals surface area contributed by atoms with Crippen LogP contribution in [0.2, 0.25) is 0 Å². The van der Waals surface area contributed by atoms with Crippen molar-refractivity contribution in [1.82, 2.24) is 4.98 Å². The molecule has 4 N–H and O–H groups in total. The summed E-state index contributed by atoms with van der Waals surface area (Å²) in [6.07, 6.45) is 1.70. The summed E-state index contributed by atoms with van der Waals surface area (Å²) in [5.74, 6) is -0.475. The van der Waals surface area contributed by atoms with Crippen molar-refractivity contribution < 1.29 is 4.79 Å². The first-order valence-corrected chi connectivity index (χ1v) is 6.66. The van der Waals surface area contributed by atoms with E-state index in [1.54, 1.807) is 24.4 Å². The van der Waals surface area contributed by atoms with Gasteiger partial charge in [0.15, 0.2) is 0 Å². The van der Waals surface area contributed by atoms with Gasteiger partial charge in [-0.2, -0.15) is 0 Å². The molecule has 1 amide bonds. The van der Waals surface area contributed by atoms with Crippen LogP contribution in [0.5, 0.6) is 0 Å². The van der Waals surface area contributed by atoms with Crippen LogP contribution in [0.1, 0.15) is 10.4 Å². The van der Waals surface area contributed by atoms with Crippen molar-refractivity contribution in [2.75, 3.05) is 5.73 Å². The van der Waals surface area contributed by atoms with Gasteiger partial charge in [-0.3, -0.25) is 4.79 Å². The minimum Gasteiger partial charge on any atom is -0.398 e. The lowest BCUT2D eigenvalue weighted by Gasteiger charge is -2.07. The van der Waals surface area contributed by atoms with Gasteiger partial charge in [0.25, 0.3) is 0 Å². The molecule has 0 aliphatic rings. The predicted octanol–water partition coefficient (Wildman–Crippen LogP) is 2.68. The van der Waals surface area contributed by atoms with E-state index in [2.05, 4.69) is 20.9 Å². The summed E-state index contributed by atoms with van der Waals surface area (Å²) in [6, 6.07) is 8.67. The van der Waals surface area contributed by atoms with Gasteiger partial charge in [-0.1, -0.05) is 11.8 Å². The average Bonchev–Trinajstić information content (AvgIpc) is 2.34. The van der Waals surface area contributed by atoms with Crippen LogP contribution in [-0.2, 0) is 0 Å². The van der Waals surface area contributed by atoms with Crippen molar-refractivity contribution in [2.45, 2.75) is 9.92 Å². The van der Waals surface area contributed by atoms with E-state index < -0.39 is 5.91 Å². The fourth-order valence-electron chi connectivity index (χ4n) is 1.33. The van der Waals surface area contributed by atoms with Crippen LogP contribution in [0.15, 0.2) is 50.9 Å². The molecule has 0 atom stereocenters. The normalized spacial score (nSPS) is 10.3. The molecule has 2 aromatic rings. The average molecular weight is 324 g/mol. The van der Waals surface area contributed by atoms with Crippen LogP contribution >= 0.6 is 27.7 Å². The maximum absolute atomic E-state index is 11.1. The number of carbonyl (C=O) groups is 1. The smallest absolute Gasteiger partial charge is 0.248 e. The molecule has 0 aliphatic heterocycles. The Hall–Kier alpha value is -1.53. The monoisotopic (exact) mass is 323 g/mol. The van der Waals surface area contributed by atoms with Crippen LogP contribution in [0.3, 0.4) is 0 Å². The minimum atomic E-state index is -0.475. The molecular formula is C12H10BrN3OS. The van der Waals surface area contributed by atoms with E-state index in [1.165, 1.54) is 11.8 Å². The first-order chi connectivity index (χ1) is 8.58. The van der Waals surface area contributed by atoms with Crippen molar-refractivity contribution in [3.63, 3.8) is 0 Å². The van der Waals surface area contributed by atoms with Gasteiger partial charge in [0, 0.05) is 22.3 Å². The Morgan fingerprint density at radius 2 is 2.11 bits per heavy atom. The second-order valence-corrected chi connectivity index (χ2v) is 5.39. The predicted molar refractivity (Wildman–Crippen MR) is 75.4 cm³/mol. The van der Waals surface area contributed by atoms with Gasteiger partial charge in [-0.15, -0.1) is 0 Å². The number of amides is 1.